The fourth-order valence-electron chi connectivity index (χ4n) is 2.26. The monoisotopic (exact) mass is 247 g/mol. The minimum Gasteiger partial charge on any atom is -0.336 e. The summed E-state index contributed by atoms with van der Waals surface area (Å²) in [5, 5.41) is 0. The van der Waals surface area contributed by atoms with E-state index >= 15 is 0 Å². The Bertz CT molecular complexity index is 438. The van der Waals surface area contributed by atoms with Gasteiger partial charge in [0.2, 0.25) is 5.91 Å². The summed E-state index contributed by atoms with van der Waals surface area (Å²) in [5.74, 6) is -0.213. The number of likely N-dealkylation sites (tertiary alicyclic amines) is 1. The second-order valence-electron chi connectivity index (χ2n) is 4.76. The van der Waals surface area contributed by atoms with Crippen LogP contribution in [0, 0.1) is 5.82 Å². The first-order valence-corrected chi connectivity index (χ1v) is 6.41. The van der Waals surface area contributed by atoms with Gasteiger partial charge in [-0.05, 0) is 50.0 Å². The first kappa shape index (κ1) is 12.8. The van der Waals surface area contributed by atoms with Crippen LogP contribution >= 0.6 is 0 Å². The summed E-state index contributed by atoms with van der Waals surface area (Å²) in [6.07, 6.45) is 6.68. The number of carbonyl (C=O) groups excluding carboxylic acids is 1. The van der Waals surface area contributed by atoms with Crippen LogP contribution in [0.2, 0.25) is 0 Å². The van der Waals surface area contributed by atoms with Crippen LogP contribution in [0.15, 0.2) is 30.3 Å². The van der Waals surface area contributed by atoms with Gasteiger partial charge in [0, 0.05) is 18.7 Å². The molecule has 0 spiro atoms. The van der Waals surface area contributed by atoms with E-state index in [-0.39, 0.29) is 11.7 Å². The van der Waals surface area contributed by atoms with Crippen molar-refractivity contribution in [2.45, 2.75) is 32.2 Å². The molecule has 1 aromatic rings. The molecule has 1 aliphatic rings. The van der Waals surface area contributed by atoms with Crippen molar-refractivity contribution < 1.29 is 9.18 Å². The zero-order chi connectivity index (χ0) is 13.0. The highest BCUT2D eigenvalue weighted by Crippen LogP contribution is 2.17. The Kier molecular flexibility index (Phi) is 4.13. The van der Waals surface area contributed by atoms with Crippen LogP contribution in [-0.4, -0.2) is 23.4 Å². The van der Waals surface area contributed by atoms with Crippen molar-refractivity contribution in [2.24, 2.45) is 0 Å². The molecule has 1 atom stereocenters. The number of amides is 1. The Morgan fingerprint density at radius 2 is 2.06 bits per heavy atom. The minimum atomic E-state index is -0.261. The zero-order valence-electron chi connectivity index (χ0n) is 10.6. The predicted octanol–water partition coefficient (Wildman–Crippen LogP) is 3.24. The highest BCUT2D eigenvalue weighted by Gasteiger charge is 2.20. The van der Waals surface area contributed by atoms with Gasteiger partial charge < -0.3 is 4.90 Å². The molecule has 1 saturated heterocycles. The highest BCUT2D eigenvalue weighted by molar-refractivity contribution is 5.92. The number of carbonyl (C=O) groups is 1. The number of halogens is 1. The molecule has 2 nitrogen and oxygen atoms in total. The second kappa shape index (κ2) is 5.80. The Morgan fingerprint density at radius 3 is 2.72 bits per heavy atom. The molecule has 1 aromatic carbocycles. The Hall–Kier alpha value is -1.64. The molecule has 0 N–H and O–H groups in total. The van der Waals surface area contributed by atoms with E-state index in [0.29, 0.717) is 6.04 Å². The maximum absolute atomic E-state index is 12.7. The summed E-state index contributed by atoms with van der Waals surface area (Å²) in [7, 11) is 0. The third-order valence-corrected chi connectivity index (χ3v) is 3.37. The van der Waals surface area contributed by atoms with Crippen molar-refractivity contribution >= 4 is 12.0 Å². The third kappa shape index (κ3) is 3.19. The van der Waals surface area contributed by atoms with Gasteiger partial charge in [-0.2, -0.15) is 0 Å². The number of hydrogen-bond acceptors (Lipinski definition) is 1. The highest BCUT2D eigenvalue weighted by atomic mass is 19.1. The topological polar surface area (TPSA) is 20.3 Å². The van der Waals surface area contributed by atoms with Crippen LogP contribution in [0.1, 0.15) is 31.7 Å². The van der Waals surface area contributed by atoms with Gasteiger partial charge in [-0.15, -0.1) is 0 Å². The molecule has 3 heteroatoms. The SMILES string of the molecule is CC1CCCCN1C(=O)C=Cc1ccc(F)cc1. The van der Waals surface area contributed by atoms with Gasteiger partial charge in [-0.1, -0.05) is 12.1 Å². The van der Waals surface area contributed by atoms with Gasteiger partial charge >= 0.3 is 0 Å². The molecular weight excluding hydrogens is 229 g/mol. The van der Waals surface area contributed by atoms with E-state index in [2.05, 4.69) is 6.92 Å². The van der Waals surface area contributed by atoms with E-state index in [1.54, 1.807) is 24.3 Å². The first-order chi connectivity index (χ1) is 8.66. The molecule has 1 unspecified atom stereocenters. The maximum atomic E-state index is 12.7. The Balaban J connectivity index is 1.99. The van der Waals surface area contributed by atoms with Crippen LogP contribution in [0.4, 0.5) is 4.39 Å². The molecule has 0 aromatic heterocycles. The fourth-order valence-corrected chi connectivity index (χ4v) is 2.26. The summed E-state index contributed by atoms with van der Waals surface area (Å²) >= 11 is 0. The lowest BCUT2D eigenvalue weighted by molar-refractivity contribution is -0.129. The molecule has 18 heavy (non-hydrogen) atoms. The van der Waals surface area contributed by atoms with Crippen LogP contribution in [0.25, 0.3) is 6.08 Å². The lowest BCUT2D eigenvalue weighted by Crippen LogP contribution is -2.41. The smallest absolute Gasteiger partial charge is 0.246 e. The van der Waals surface area contributed by atoms with Gasteiger partial charge in [0.15, 0.2) is 0 Å². The first-order valence-electron chi connectivity index (χ1n) is 6.41. The van der Waals surface area contributed by atoms with E-state index in [9.17, 15) is 9.18 Å². The van der Waals surface area contributed by atoms with E-state index in [4.69, 9.17) is 0 Å². The second-order valence-corrected chi connectivity index (χ2v) is 4.76. The fraction of sp³-hybridized carbons (Fsp3) is 0.400. The number of benzene rings is 1. The summed E-state index contributed by atoms with van der Waals surface area (Å²) in [6.45, 7) is 2.93. The lowest BCUT2D eigenvalue weighted by Gasteiger charge is -2.32. The number of nitrogens with zero attached hydrogens (tertiary/aromatic N) is 1. The third-order valence-electron chi connectivity index (χ3n) is 3.37. The number of piperidine rings is 1. The molecule has 1 heterocycles. The van der Waals surface area contributed by atoms with Crippen molar-refractivity contribution in [1.29, 1.82) is 0 Å². The Labute approximate surface area is 107 Å². The van der Waals surface area contributed by atoms with Crippen molar-refractivity contribution in [2.75, 3.05) is 6.54 Å². The lowest BCUT2D eigenvalue weighted by atomic mass is 10.0. The molecule has 1 fully saturated rings. The molecular formula is C15H18FNO. The van der Waals surface area contributed by atoms with Crippen LogP contribution in [0.3, 0.4) is 0 Å². The Morgan fingerprint density at radius 1 is 1.33 bits per heavy atom. The molecule has 1 amide bonds. The summed E-state index contributed by atoms with van der Waals surface area (Å²) in [5.41, 5.74) is 0.842. The van der Waals surface area contributed by atoms with Crippen LogP contribution in [-0.2, 0) is 4.79 Å². The summed E-state index contributed by atoms with van der Waals surface area (Å²) < 4.78 is 12.7. The van der Waals surface area contributed by atoms with E-state index in [0.717, 1.165) is 24.9 Å². The summed E-state index contributed by atoms with van der Waals surface area (Å²) in [4.78, 5) is 13.9. The molecule has 0 aliphatic carbocycles. The average Bonchev–Trinajstić information content (AvgIpc) is 2.38. The van der Waals surface area contributed by atoms with Crippen LogP contribution in [0.5, 0.6) is 0 Å². The summed E-state index contributed by atoms with van der Waals surface area (Å²) in [6, 6.07) is 6.45. The van der Waals surface area contributed by atoms with Gasteiger partial charge in [-0.3, -0.25) is 4.79 Å². The quantitative estimate of drug-likeness (QED) is 0.735. The number of hydrogen-bond donors (Lipinski definition) is 0. The van der Waals surface area contributed by atoms with E-state index in [1.165, 1.54) is 18.6 Å². The predicted molar refractivity (Wildman–Crippen MR) is 70.5 cm³/mol. The van der Waals surface area contributed by atoms with E-state index in [1.807, 2.05) is 4.90 Å². The van der Waals surface area contributed by atoms with Gasteiger partial charge in [0.25, 0.3) is 0 Å². The van der Waals surface area contributed by atoms with Crippen LogP contribution < -0.4 is 0 Å². The maximum Gasteiger partial charge on any atom is 0.246 e. The van der Waals surface area contributed by atoms with E-state index < -0.39 is 0 Å². The van der Waals surface area contributed by atoms with Gasteiger partial charge in [-0.25, -0.2) is 4.39 Å². The molecule has 1 aliphatic heterocycles. The molecule has 0 bridgehead atoms. The largest absolute Gasteiger partial charge is 0.336 e. The normalized spacial score (nSPS) is 20.3. The van der Waals surface area contributed by atoms with Crippen molar-refractivity contribution in [3.8, 4) is 0 Å². The van der Waals surface area contributed by atoms with Gasteiger partial charge in [0.05, 0.1) is 0 Å². The van der Waals surface area contributed by atoms with Crippen molar-refractivity contribution in [1.82, 2.24) is 4.90 Å². The minimum absolute atomic E-state index is 0.0477. The van der Waals surface area contributed by atoms with Crippen molar-refractivity contribution in [3.63, 3.8) is 0 Å². The molecule has 0 saturated carbocycles. The average molecular weight is 247 g/mol. The zero-order valence-corrected chi connectivity index (χ0v) is 10.6. The number of rotatable bonds is 2. The van der Waals surface area contributed by atoms with Crippen molar-refractivity contribution in [3.05, 3.63) is 41.7 Å². The standard InChI is InChI=1S/C15H18FNO/c1-12-4-2-3-11-17(12)15(18)10-7-13-5-8-14(16)9-6-13/h5-10,12H,2-4,11H2,1H3. The molecule has 0 radical (unpaired) electrons. The molecule has 2 rings (SSSR count). The van der Waals surface area contributed by atoms with Gasteiger partial charge in [0.1, 0.15) is 5.82 Å². The molecule has 96 valence electrons.